The topological polar surface area (TPSA) is 58.1 Å². The Morgan fingerprint density at radius 1 is 1.08 bits per heavy atom. The summed E-state index contributed by atoms with van der Waals surface area (Å²) in [4.78, 5) is 22.5. The van der Waals surface area contributed by atoms with Gasteiger partial charge in [0.2, 0.25) is 0 Å². The van der Waals surface area contributed by atoms with E-state index in [9.17, 15) is 4.79 Å². The predicted octanol–water partition coefficient (Wildman–Crippen LogP) is 3.84. The molecule has 132 valence electrons. The van der Waals surface area contributed by atoms with E-state index in [1.54, 1.807) is 36.6 Å². The number of carbonyl (C=O) groups excluding carboxylic acids is 1. The third kappa shape index (κ3) is 4.45. The summed E-state index contributed by atoms with van der Waals surface area (Å²) >= 11 is 0. The normalized spacial score (nSPS) is 10.4. The lowest BCUT2D eigenvalue weighted by Gasteiger charge is -2.17. The van der Waals surface area contributed by atoms with E-state index in [1.165, 1.54) is 0 Å². The number of likely N-dealkylation sites (N-methyl/N-ethyl adjacent to an activating group) is 1. The van der Waals surface area contributed by atoms with Crippen LogP contribution in [-0.2, 0) is 6.42 Å². The number of carbonyl (C=O) groups is 1. The first-order valence-corrected chi connectivity index (χ1v) is 8.56. The molecule has 26 heavy (non-hydrogen) atoms. The molecule has 0 fully saturated rings. The number of nitrogens with zero attached hydrogens (tertiary/aromatic N) is 3. The third-order valence-corrected chi connectivity index (χ3v) is 4.24. The van der Waals surface area contributed by atoms with Crippen molar-refractivity contribution in [2.75, 3.05) is 18.9 Å². The Balaban J connectivity index is 1.60. The van der Waals surface area contributed by atoms with Crippen LogP contribution in [0.3, 0.4) is 0 Å². The van der Waals surface area contributed by atoms with E-state index >= 15 is 0 Å². The first-order chi connectivity index (χ1) is 12.6. The second-order valence-electron chi connectivity index (χ2n) is 6.20. The summed E-state index contributed by atoms with van der Waals surface area (Å²) in [7, 11) is 1.80. The Morgan fingerprint density at radius 3 is 2.54 bits per heavy atom. The Bertz CT molecular complexity index is 863. The van der Waals surface area contributed by atoms with Crippen molar-refractivity contribution < 1.29 is 4.79 Å². The Hall–Kier alpha value is -3.21. The number of pyridine rings is 2. The fraction of sp³-hybridized carbons (Fsp3) is 0.190. The molecule has 0 radical (unpaired) electrons. The second-order valence-corrected chi connectivity index (χ2v) is 6.20. The molecule has 0 bridgehead atoms. The van der Waals surface area contributed by atoms with Gasteiger partial charge in [-0.25, -0.2) is 4.98 Å². The first-order valence-electron chi connectivity index (χ1n) is 8.56. The van der Waals surface area contributed by atoms with Gasteiger partial charge in [0.25, 0.3) is 5.91 Å². The summed E-state index contributed by atoms with van der Waals surface area (Å²) in [6.45, 7) is 2.68. The fourth-order valence-electron chi connectivity index (χ4n) is 2.61. The molecule has 0 saturated heterocycles. The molecule has 0 atom stereocenters. The highest BCUT2D eigenvalue weighted by molar-refractivity contribution is 5.92. The molecule has 0 spiro atoms. The number of rotatable bonds is 6. The van der Waals surface area contributed by atoms with Crippen molar-refractivity contribution in [3.63, 3.8) is 0 Å². The minimum absolute atomic E-state index is 0.0819. The zero-order valence-corrected chi connectivity index (χ0v) is 15.0. The molecule has 1 amide bonds. The van der Waals surface area contributed by atoms with Gasteiger partial charge in [0.15, 0.2) is 0 Å². The van der Waals surface area contributed by atoms with E-state index in [1.807, 2.05) is 49.4 Å². The van der Waals surface area contributed by atoms with E-state index in [-0.39, 0.29) is 5.91 Å². The van der Waals surface area contributed by atoms with Crippen LogP contribution in [0.2, 0.25) is 0 Å². The maximum absolute atomic E-state index is 12.5. The van der Waals surface area contributed by atoms with Gasteiger partial charge in [-0.15, -0.1) is 0 Å². The lowest BCUT2D eigenvalue weighted by molar-refractivity contribution is 0.0791. The van der Waals surface area contributed by atoms with Gasteiger partial charge < -0.3 is 10.2 Å². The van der Waals surface area contributed by atoms with Crippen molar-refractivity contribution in [2.24, 2.45) is 0 Å². The number of hydrogen-bond donors (Lipinski definition) is 1. The molecule has 0 saturated carbocycles. The second kappa shape index (κ2) is 8.25. The molecule has 1 aromatic carbocycles. The van der Waals surface area contributed by atoms with Crippen molar-refractivity contribution in [1.82, 2.24) is 14.9 Å². The molecule has 5 nitrogen and oxygen atoms in total. The number of aromatic nitrogens is 2. The molecule has 5 heteroatoms. The Kier molecular flexibility index (Phi) is 5.59. The van der Waals surface area contributed by atoms with Gasteiger partial charge >= 0.3 is 0 Å². The first kappa shape index (κ1) is 17.6. The van der Waals surface area contributed by atoms with Crippen molar-refractivity contribution in [1.29, 1.82) is 0 Å². The van der Waals surface area contributed by atoms with Crippen LogP contribution in [0.4, 0.5) is 11.4 Å². The van der Waals surface area contributed by atoms with Crippen molar-refractivity contribution >= 4 is 17.3 Å². The van der Waals surface area contributed by atoms with Gasteiger partial charge in [-0.05, 0) is 54.8 Å². The van der Waals surface area contributed by atoms with Gasteiger partial charge in [0.05, 0.1) is 11.9 Å². The lowest BCUT2D eigenvalue weighted by atomic mass is 10.2. The van der Waals surface area contributed by atoms with Crippen molar-refractivity contribution in [3.05, 3.63) is 83.9 Å². The van der Waals surface area contributed by atoms with Crippen LogP contribution in [-0.4, -0.2) is 34.4 Å². The standard InChI is InChI=1S/C21H22N4O/c1-16-5-3-4-6-19(16)24-18-7-8-20(23-15-18)21(26)25(2)14-11-17-9-12-22-13-10-17/h3-10,12-13,15,24H,11,14H2,1-2H3. The highest BCUT2D eigenvalue weighted by Gasteiger charge is 2.13. The highest BCUT2D eigenvalue weighted by Crippen LogP contribution is 2.19. The van der Waals surface area contributed by atoms with Gasteiger partial charge in [0, 0.05) is 31.7 Å². The summed E-state index contributed by atoms with van der Waals surface area (Å²) < 4.78 is 0. The van der Waals surface area contributed by atoms with Crippen LogP contribution in [0.15, 0.2) is 67.1 Å². The van der Waals surface area contributed by atoms with Crippen LogP contribution < -0.4 is 5.32 Å². The van der Waals surface area contributed by atoms with E-state index in [0.29, 0.717) is 12.2 Å². The summed E-state index contributed by atoms with van der Waals surface area (Å²) in [5.74, 6) is -0.0819. The molecule has 0 aliphatic rings. The van der Waals surface area contributed by atoms with Crippen LogP contribution in [0.25, 0.3) is 0 Å². The number of nitrogens with one attached hydrogen (secondary N) is 1. The van der Waals surface area contributed by atoms with Gasteiger partial charge in [0.1, 0.15) is 5.69 Å². The molecule has 3 rings (SSSR count). The minimum Gasteiger partial charge on any atom is -0.354 e. The average molecular weight is 346 g/mol. The average Bonchev–Trinajstić information content (AvgIpc) is 2.69. The quantitative estimate of drug-likeness (QED) is 0.737. The van der Waals surface area contributed by atoms with Crippen LogP contribution >= 0.6 is 0 Å². The summed E-state index contributed by atoms with van der Waals surface area (Å²) in [5.41, 5.74) is 4.64. The monoisotopic (exact) mass is 346 g/mol. The molecular weight excluding hydrogens is 324 g/mol. The minimum atomic E-state index is -0.0819. The molecule has 0 unspecified atom stereocenters. The zero-order valence-electron chi connectivity index (χ0n) is 15.0. The van der Waals surface area contributed by atoms with Gasteiger partial charge in [-0.1, -0.05) is 18.2 Å². The molecule has 3 aromatic rings. The fourth-order valence-corrected chi connectivity index (χ4v) is 2.61. The molecule has 0 aliphatic heterocycles. The van der Waals surface area contributed by atoms with Crippen molar-refractivity contribution in [3.8, 4) is 0 Å². The number of benzene rings is 1. The van der Waals surface area contributed by atoms with Gasteiger partial charge in [-0.2, -0.15) is 0 Å². The predicted molar refractivity (Wildman–Crippen MR) is 104 cm³/mol. The molecule has 2 heterocycles. The molecular formula is C21H22N4O. The SMILES string of the molecule is Cc1ccccc1Nc1ccc(C(=O)N(C)CCc2ccncc2)nc1. The molecule has 2 aromatic heterocycles. The summed E-state index contributed by atoms with van der Waals surface area (Å²) in [6, 6.07) is 15.6. The molecule has 1 N–H and O–H groups in total. The third-order valence-electron chi connectivity index (χ3n) is 4.24. The number of amides is 1. The Labute approximate surface area is 153 Å². The molecule has 0 aliphatic carbocycles. The van der Waals surface area contributed by atoms with E-state index in [0.717, 1.165) is 28.9 Å². The largest absolute Gasteiger partial charge is 0.354 e. The van der Waals surface area contributed by atoms with Crippen LogP contribution in [0.1, 0.15) is 21.6 Å². The number of hydrogen-bond acceptors (Lipinski definition) is 4. The highest BCUT2D eigenvalue weighted by atomic mass is 16.2. The van der Waals surface area contributed by atoms with Crippen LogP contribution in [0.5, 0.6) is 0 Å². The number of aryl methyl sites for hydroxylation is 1. The van der Waals surface area contributed by atoms with E-state index in [4.69, 9.17) is 0 Å². The van der Waals surface area contributed by atoms with Crippen molar-refractivity contribution in [2.45, 2.75) is 13.3 Å². The van der Waals surface area contributed by atoms with Gasteiger partial charge in [-0.3, -0.25) is 9.78 Å². The van der Waals surface area contributed by atoms with Crippen LogP contribution in [0, 0.1) is 6.92 Å². The zero-order chi connectivity index (χ0) is 18.4. The van der Waals surface area contributed by atoms with E-state index in [2.05, 4.69) is 15.3 Å². The lowest BCUT2D eigenvalue weighted by Crippen LogP contribution is -2.29. The number of para-hydroxylation sites is 1. The summed E-state index contributed by atoms with van der Waals surface area (Å²) in [5, 5.41) is 3.32. The Morgan fingerprint density at radius 2 is 1.85 bits per heavy atom. The maximum Gasteiger partial charge on any atom is 0.272 e. The number of anilines is 2. The summed E-state index contributed by atoms with van der Waals surface area (Å²) in [6.07, 6.45) is 6.01. The maximum atomic E-state index is 12.5. The smallest absolute Gasteiger partial charge is 0.272 e. The van der Waals surface area contributed by atoms with E-state index < -0.39 is 0 Å².